The molecule has 0 heterocycles. The number of hydrogen-bond acceptors (Lipinski definition) is 2. The number of nitrogens with one attached hydrogen (secondary N) is 1. The number of carboxylic acids is 1. The molecule has 1 unspecified atom stereocenters. The Bertz CT molecular complexity index is 507. The molecule has 0 saturated heterocycles. The van der Waals surface area contributed by atoms with E-state index in [4.69, 9.17) is 0 Å². The molecule has 120 valence electrons. The SMILES string of the molecule is O=C(NCC(C(=O)O)c1ccc(F)cc1)C1CCCCCC1. The number of carbonyl (C=O) groups is 2. The van der Waals surface area contributed by atoms with Gasteiger partial charge in [0.05, 0.1) is 5.92 Å². The zero-order valence-electron chi connectivity index (χ0n) is 12.6. The van der Waals surface area contributed by atoms with Crippen molar-refractivity contribution in [3.05, 3.63) is 35.6 Å². The molecular weight excluding hydrogens is 285 g/mol. The zero-order valence-corrected chi connectivity index (χ0v) is 12.6. The second-order valence-electron chi connectivity index (χ2n) is 5.88. The van der Waals surface area contributed by atoms with Gasteiger partial charge in [-0.15, -0.1) is 0 Å². The highest BCUT2D eigenvalue weighted by atomic mass is 19.1. The molecule has 4 nitrogen and oxygen atoms in total. The number of carbonyl (C=O) groups excluding carboxylic acids is 1. The van der Waals surface area contributed by atoms with Crippen LogP contribution in [0.3, 0.4) is 0 Å². The minimum absolute atomic E-state index is 0.00911. The molecule has 1 aromatic carbocycles. The van der Waals surface area contributed by atoms with Gasteiger partial charge in [-0.3, -0.25) is 9.59 Å². The van der Waals surface area contributed by atoms with E-state index >= 15 is 0 Å². The highest BCUT2D eigenvalue weighted by Crippen LogP contribution is 2.23. The van der Waals surface area contributed by atoms with Crippen LogP contribution in [-0.2, 0) is 9.59 Å². The summed E-state index contributed by atoms with van der Waals surface area (Å²) < 4.78 is 12.9. The molecule has 0 aliphatic heterocycles. The molecule has 1 atom stereocenters. The van der Waals surface area contributed by atoms with Crippen molar-refractivity contribution in [1.82, 2.24) is 5.32 Å². The fourth-order valence-electron chi connectivity index (χ4n) is 2.93. The van der Waals surface area contributed by atoms with Gasteiger partial charge in [-0.1, -0.05) is 37.8 Å². The Labute approximate surface area is 129 Å². The number of carboxylic acid groups (broad SMARTS) is 1. The first-order valence-electron chi connectivity index (χ1n) is 7.84. The van der Waals surface area contributed by atoms with Crippen LogP contribution in [0.5, 0.6) is 0 Å². The van der Waals surface area contributed by atoms with E-state index in [9.17, 15) is 19.1 Å². The molecule has 5 heteroatoms. The lowest BCUT2D eigenvalue weighted by Crippen LogP contribution is -2.35. The fraction of sp³-hybridized carbons (Fsp3) is 0.529. The number of benzene rings is 1. The van der Waals surface area contributed by atoms with Crippen LogP contribution in [0.25, 0.3) is 0 Å². The molecule has 0 radical (unpaired) electrons. The quantitative estimate of drug-likeness (QED) is 0.822. The Balaban J connectivity index is 1.95. The van der Waals surface area contributed by atoms with Crippen LogP contribution in [-0.4, -0.2) is 23.5 Å². The Morgan fingerprint density at radius 1 is 1.14 bits per heavy atom. The highest BCUT2D eigenvalue weighted by molar-refractivity contribution is 5.81. The molecule has 1 saturated carbocycles. The molecule has 2 rings (SSSR count). The Morgan fingerprint density at radius 2 is 1.73 bits per heavy atom. The van der Waals surface area contributed by atoms with Gasteiger partial charge >= 0.3 is 5.97 Å². The summed E-state index contributed by atoms with van der Waals surface area (Å²) >= 11 is 0. The summed E-state index contributed by atoms with van der Waals surface area (Å²) in [4.78, 5) is 23.6. The lowest BCUT2D eigenvalue weighted by Gasteiger charge is -2.17. The van der Waals surface area contributed by atoms with Crippen LogP contribution >= 0.6 is 0 Å². The molecule has 2 N–H and O–H groups in total. The van der Waals surface area contributed by atoms with Crippen molar-refractivity contribution in [3.8, 4) is 0 Å². The fourth-order valence-corrected chi connectivity index (χ4v) is 2.93. The third-order valence-corrected chi connectivity index (χ3v) is 4.28. The Hall–Kier alpha value is -1.91. The van der Waals surface area contributed by atoms with Gasteiger partial charge in [0.2, 0.25) is 5.91 Å². The molecule has 1 aromatic rings. The van der Waals surface area contributed by atoms with E-state index in [-0.39, 0.29) is 18.4 Å². The summed E-state index contributed by atoms with van der Waals surface area (Å²) in [6.45, 7) is 0.0380. The van der Waals surface area contributed by atoms with Gasteiger partial charge in [0.15, 0.2) is 0 Å². The van der Waals surface area contributed by atoms with Gasteiger partial charge in [0, 0.05) is 12.5 Å². The first kappa shape index (κ1) is 16.5. The maximum atomic E-state index is 12.9. The smallest absolute Gasteiger partial charge is 0.312 e. The highest BCUT2D eigenvalue weighted by Gasteiger charge is 2.24. The first-order chi connectivity index (χ1) is 10.6. The third-order valence-electron chi connectivity index (χ3n) is 4.28. The van der Waals surface area contributed by atoms with E-state index in [1.165, 1.54) is 24.3 Å². The predicted molar refractivity (Wildman–Crippen MR) is 81.0 cm³/mol. The van der Waals surface area contributed by atoms with E-state index < -0.39 is 17.7 Å². The van der Waals surface area contributed by atoms with Crippen molar-refractivity contribution in [2.75, 3.05) is 6.54 Å². The van der Waals surface area contributed by atoms with Crippen molar-refractivity contribution in [2.45, 2.75) is 44.4 Å². The largest absolute Gasteiger partial charge is 0.481 e. The van der Waals surface area contributed by atoms with Crippen LogP contribution in [0.2, 0.25) is 0 Å². The molecule has 0 bridgehead atoms. The van der Waals surface area contributed by atoms with Crippen LogP contribution in [0, 0.1) is 11.7 Å². The van der Waals surface area contributed by atoms with Crippen molar-refractivity contribution in [3.63, 3.8) is 0 Å². The van der Waals surface area contributed by atoms with E-state index in [0.29, 0.717) is 5.56 Å². The molecular formula is C17H22FNO3. The topological polar surface area (TPSA) is 66.4 Å². The second kappa shape index (κ2) is 7.92. The Kier molecular flexibility index (Phi) is 5.92. The van der Waals surface area contributed by atoms with Crippen molar-refractivity contribution >= 4 is 11.9 Å². The molecule has 1 fully saturated rings. The summed E-state index contributed by atoms with van der Waals surface area (Å²) in [5.41, 5.74) is 0.495. The summed E-state index contributed by atoms with van der Waals surface area (Å²) in [6, 6.07) is 5.37. The lowest BCUT2D eigenvalue weighted by atomic mass is 9.97. The van der Waals surface area contributed by atoms with Gasteiger partial charge in [0.1, 0.15) is 5.82 Å². The number of halogens is 1. The van der Waals surface area contributed by atoms with Crippen LogP contribution < -0.4 is 5.32 Å². The molecule has 0 spiro atoms. The summed E-state index contributed by atoms with van der Waals surface area (Å²) in [5.74, 6) is -2.35. The van der Waals surface area contributed by atoms with Gasteiger partial charge in [0.25, 0.3) is 0 Å². The molecule has 1 aliphatic rings. The summed E-state index contributed by atoms with van der Waals surface area (Å²) in [7, 11) is 0. The normalized spacial score (nSPS) is 17.5. The van der Waals surface area contributed by atoms with Gasteiger partial charge in [-0.25, -0.2) is 4.39 Å². The van der Waals surface area contributed by atoms with Crippen LogP contribution in [0.4, 0.5) is 4.39 Å². The third kappa shape index (κ3) is 4.55. The minimum Gasteiger partial charge on any atom is -0.481 e. The number of hydrogen-bond donors (Lipinski definition) is 2. The number of amides is 1. The maximum absolute atomic E-state index is 12.9. The molecule has 1 aliphatic carbocycles. The zero-order chi connectivity index (χ0) is 15.9. The Morgan fingerprint density at radius 3 is 2.27 bits per heavy atom. The average molecular weight is 307 g/mol. The van der Waals surface area contributed by atoms with Crippen LogP contribution in [0.1, 0.15) is 50.0 Å². The predicted octanol–water partition coefficient (Wildman–Crippen LogP) is 3.08. The molecule has 1 amide bonds. The van der Waals surface area contributed by atoms with Crippen molar-refractivity contribution < 1.29 is 19.1 Å². The minimum atomic E-state index is -1.02. The first-order valence-corrected chi connectivity index (χ1v) is 7.84. The second-order valence-corrected chi connectivity index (χ2v) is 5.88. The van der Waals surface area contributed by atoms with Crippen LogP contribution in [0.15, 0.2) is 24.3 Å². The average Bonchev–Trinajstić information content (AvgIpc) is 2.78. The standard InChI is InChI=1S/C17H22FNO3/c18-14-9-7-12(8-10-14)15(17(21)22)11-19-16(20)13-5-3-1-2-4-6-13/h7-10,13,15H,1-6,11H2,(H,19,20)(H,21,22). The maximum Gasteiger partial charge on any atom is 0.312 e. The van der Waals surface area contributed by atoms with Crippen molar-refractivity contribution in [2.24, 2.45) is 5.92 Å². The lowest BCUT2D eigenvalue weighted by molar-refractivity contribution is -0.138. The number of rotatable bonds is 5. The molecule has 22 heavy (non-hydrogen) atoms. The van der Waals surface area contributed by atoms with E-state index in [0.717, 1.165) is 38.5 Å². The monoisotopic (exact) mass is 307 g/mol. The van der Waals surface area contributed by atoms with Gasteiger partial charge < -0.3 is 10.4 Å². The van der Waals surface area contributed by atoms with E-state index in [1.807, 2.05) is 0 Å². The van der Waals surface area contributed by atoms with Crippen molar-refractivity contribution in [1.29, 1.82) is 0 Å². The van der Waals surface area contributed by atoms with Gasteiger partial charge in [-0.2, -0.15) is 0 Å². The van der Waals surface area contributed by atoms with E-state index in [2.05, 4.69) is 5.32 Å². The van der Waals surface area contributed by atoms with E-state index in [1.54, 1.807) is 0 Å². The summed E-state index contributed by atoms with van der Waals surface area (Å²) in [5, 5.41) is 12.1. The van der Waals surface area contributed by atoms with Gasteiger partial charge in [-0.05, 0) is 30.5 Å². The number of aliphatic carboxylic acids is 1. The molecule has 0 aromatic heterocycles. The summed E-state index contributed by atoms with van der Waals surface area (Å²) in [6.07, 6.45) is 6.19.